The third kappa shape index (κ3) is 8.20. The van der Waals surface area contributed by atoms with Crippen LogP contribution in [0.4, 0.5) is 0 Å². The van der Waals surface area contributed by atoms with E-state index in [0.29, 0.717) is 19.3 Å². The number of ether oxygens (including phenoxy) is 2. The van der Waals surface area contributed by atoms with Crippen molar-refractivity contribution < 1.29 is 9.47 Å². The van der Waals surface area contributed by atoms with Gasteiger partial charge in [0.1, 0.15) is 0 Å². The van der Waals surface area contributed by atoms with Crippen LogP contribution in [-0.2, 0) is 9.47 Å². The molecule has 1 aromatic rings. The highest BCUT2D eigenvalue weighted by molar-refractivity contribution is 5.23. The van der Waals surface area contributed by atoms with Crippen molar-refractivity contribution in [2.24, 2.45) is 0 Å². The van der Waals surface area contributed by atoms with E-state index in [9.17, 15) is 0 Å². The van der Waals surface area contributed by atoms with Gasteiger partial charge in [0, 0.05) is 19.2 Å². The molecule has 0 aliphatic carbocycles. The Bertz CT molecular complexity index is 362. The summed E-state index contributed by atoms with van der Waals surface area (Å²) >= 11 is 0. The lowest BCUT2D eigenvalue weighted by molar-refractivity contribution is 0.00293. The molecule has 0 saturated heterocycles. The van der Waals surface area contributed by atoms with Gasteiger partial charge in [-0.25, -0.2) is 0 Å². The van der Waals surface area contributed by atoms with Gasteiger partial charge in [0.15, 0.2) is 0 Å². The standard InChI is InChI=1S/C18H31NO2/c1-5-6-11-20-12-13-21-18(14-19-15(2)3)17-9-7-16(4)8-10-17/h7-10,15,18-19H,5-6,11-14H2,1-4H3. The van der Waals surface area contributed by atoms with Crippen LogP contribution in [0.2, 0.25) is 0 Å². The van der Waals surface area contributed by atoms with Crippen molar-refractivity contribution >= 4 is 0 Å². The summed E-state index contributed by atoms with van der Waals surface area (Å²) in [5.41, 5.74) is 2.50. The SMILES string of the molecule is CCCCOCCOC(CNC(C)C)c1ccc(C)cc1. The zero-order chi connectivity index (χ0) is 15.5. The minimum atomic E-state index is 0.0859. The van der Waals surface area contributed by atoms with Crippen molar-refractivity contribution in [1.82, 2.24) is 5.32 Å². The molecule has 120 valence electrons. The van der Waals surface area contributed by atoms with E-state index >= 15 is 0 Å². The molecule has 1 aromatic carbocycles. The predicted molar refractivity (Wildman–Crippen MR) is 88.7 cm³/mol. The van der Waals surface area contributed by atoms with Crippen LogP contribution in [0.25, 0.3) is 0 Å². The Hall–Kier alpha value is -0.900. The lowest BCUT2D eigenvalue weighted by Crippen LogP contribution is -2.29. The van der Waals surface area contributed by atoms with Gasteiger partial charge in [-0.05, 0) is 18.9 Å². The molecular weight excluding hydrogens is 262 g/mol. The fourth-order valence-electron chi connectivity index (χ4n) is 1.99. The molecule has 0 fully saturated rings. The number of hydrogen-bond acceptors (Lipinski definition) is 3. The number of rotatable bonds is 11. The second-order valence-corrected chi connectivity index (χ2v) is 5.80. The summed E-state index contributed by atoms with van der Waals surface area (Å²) in [6.07, 6.45) is 2.38. The molecule has 0 aromatic heterocycles. The van der Waals surface area contributed by atoms with Gasteiger partial charge in [0.25, 0.3) is 0 Å². The van der Waals surface area contributed by atoms with Gasteiger partial charge < -0.3 is 14.8 Å². The van der Waals surface area contributed by atoms with Crippen LogP contribution >= 0.6 is 0 Å². The van der Waals surface area contributed by atoms with Crippen LogP contribution in [0.15, 0.2) is 24.3 Å². The first-order chi connectivity index (χ1) is 10.1. The smallest absolute Gasteiger partial charge is 0.0950 e. The molecule has 3 nitrogen and oxygen atoms in total. The maximum absolute atomic E-state index is 6.01. The van der Waals surface area contributed by atoms with Crippen LogP contribution in [0, 0.1) is 6.92 Å². The molecule has 1 rings (SSSR count). The molecule has 0 spiro atoms. The fraction of sp³-hybridized carbons (Fsp3) is 0.667. The Kier molecular flexibility index (Phi) is 9.31. The van der Waals surface area contributed by atoms with Crippen LogP contribution < -0.4 is 5.32 Å². The van der Waals surface area contributed by atoms with Gasteiger partial charge in [-0.1, -0.05) is 57.0 Å². The van der Waals surface area contributed by atoms with Crippen LogP contribution in [-0.4, -0.2) is 32.4 Å². The Morgan fingerprint density at radius 1 is 1.05 bits per heavy atom. The maximum Gasteiger partial charge on any atom is 0.0950 e. The van der Waals surface area contributed by atoms with Crippen LogP contribution in [0.5, 0.6) is 0 Å². The summed E-state index contributed by atoms with van der Waals surface area (Å²) in [6.45, 7) is 11.6. The first-order valence-corrected chi connectivity index (χ1v) is 8.12. The monoisotopic (exact) mass is 293 g/mol. The van der Waals surface area contributed by atoms with Crippen molar-refractivity contribution in [1.29, 1.82) is 0 Å². The fourth-order valence-corrected chi connectivity index (χ4v) is 1.99. The predicted octanol–water partition coefficient (Wildman–Crippen LogP) is 3.87. The normalized spacial score (nSPS) is 12.8. The van der Waals surface area contributed by atoms with Gasteiger partial charge in [-0.3, -0.25) is 0 Å². The Morgan fingerprint density at radius 2 is 1.76 bits per heavy atom. The van der Waals surface area contributed by atoms with Crippen molar-refractivity contribution in [3.8, 4) is 0 Å². The van der Waals surface area contributed by atoms with Gasteiger partial charge >= 0.3 is 0 Å². The maximum atomic E-state index is 6.01. The van der Waals surface area contributed by atoms with Crippen molar-refractivity contribution in [3.05, 3.63) is 35.4 Å². The van der Waals surface area contributed by atoms with E-state index in [1.807, 2.05) is 0 Å². The molecule has 0 radical (unpaired) electrons. The average Bonchev–Trinajstić information content (AvgIpc) is 2.46. The van der Waals surface area contributed by atoms with E-state index in [1.165, 1.54) is 17.5 Å². The molecule has 0 aliphatic heterocycles. The molecule has 0 heterocycles. The summed E-state index contributed by atoms with van der Waals surface area (Å²) < 4.78 is 11.6. The zero-order valence-electron chi connectivity index (χ0n) is 14.0. The molecule has 0 aliphatic rings. The molecule has 0 amide bonds. The highest BCUT2D eigenvalue weighted by atomic mass is 16.5. The topological polar surface area (TPSA) is 30.5 Å². The summed E-state index contributed by atoms with van der Waals surface area (Å²) in [7, 11) is 0. The summed E-state index contributed by atoms with van der Waals surface area (Å²) in [6, 6.07) is 9.04. The van der Waals surface area contributed by atoms with Crippen LogP contribution in [0.1, 0.15) is 50.8 Å². The molecule has 1 unspecified atom stereocenters. The summed E-state index contributed by atoms with van der Waals surface area (Å²) in [5, 5.41) is 3.45. The Morgan fingerprint density at radius 3 is 2.38 bits per heavy atom. The van der Waals surface area contributed by atoms with Crippen LogP contribution in [0.3, 0.4) is 0 Å². The lowest BCUT2D eigenvalue weighted by atomic mass is 10.1. The van der Waals surface area contributed by atoms with Gasteiger partial charge in [0.2, 0.25) is 0 Å². The third-order valence-electron chi connectivity index (χ3n) is 3.35. The van der Waals surface area contributed by atoms with Gasteiger partial charge in [-0.15, -0.1) is 0 Å². The molecule has 3 heteroatoms. The van der Waals surface area contributed by atoms with Gasteiger partial charge in [0.05, 0.1) is 19.3 Å². The molecule has 0 bridgehead atoms. The third-order valence-corrected chi connectivity index (χ3v) is 3.35. The molecule has 21 heavy (non-hydrogen) atoms. The lowest BCUT2D eigenvalue weighted by Gasteiger charge is -2.20. The second-order valence-electron chi connectivity index (χ2n) is 5.80. The Labute approximate surface area is 130 Å². The average molecular weight is 293 g/mol. The highest BCUT2D eigenvalue weighted by Crippen LogP contribution is 2.17. The zero-order valence-corrected chi connectivity index (χ0v) is 14.0. The molecule has 0 saturated carbocycles. The van der Waals surface area contributed by atoms with E-state index < -0.39 is 0 Å². The number of unbranched alkanes of at least 4 members (excludes halogenated alkanes) is 1. The quantitative estimate of drug-likeness (QED) is 0.628. The van der Waals surface area contributed by atoms with Crippen molar-refractivity contribution in [2.45, 2.75) is 52.7 Å². The largest absolute Gasteiger partial charge is 0.379 e. The highest BCUT2D eigenvalue weighted by Gasteiger charge is 2.12. The number of aryl methyl sites for hydroxylation is 1. The van der Waals surface area contributed by atoms with E-state index in [0.717, 1.165) is 19.6 Å². The van der Waals surface area contributed by atoms with Crippen molar-refractivity contribution in [3.63, 3.8) is 0 Å². The van der Waals surface area contributed by atoms with E-state index in [4.69, 9.17) is 9.47 Å². The van der Waals surface area contributed by atoms with E-state index in [-0.39, 0.29) is 6.10 Å². The Balaban J connectivity index is 2.42. The minimum absolute atomic E-state index is 0.0859. The number of hydrogen-bond donors (Lipinski definition) is 1. The molecular formula is C18H31NO2. The molecule has 1 N–H and O–H groups in total. The van der Waals surface area contributed by atoms with E-state index in [1.54, 1.807) is 0 Å². The second kappa shape index (κ2) is 10.8. The van der Waals surface area contributed by atoms with E-state index in [2.05, 4.69) is 57.3 Å². The molecule has 1 atom stereocenters. The van der Waals surface area contributed by atoms with Gasteiger partial charge in [-0.2, -0.15) is 0 Å². The summed E-state index contributed by atoms with van der Waals surface area (Å²) in [5.74, 6) is 0. The number of benzene rings is 1. The summed E-state index contributed by atoms with van der Waals surface area (Å²) in [4.78, 5) is 0. The van der Waals surface area contributed by atoms with Crippen molar-refractivity contribution in [2.75, 3.05) is 26.4 Å². The minimum Gasteiger partial charge on any atom is -0.379 e. The first kappa shape index (κ1) is 18.1. The first-order valence-electron chi connectivity index (χ1n) is 8.12. The number of nitrogens with one attached hydrogen (secondary N) is 1.